The van der Waals surface area contributed by atoms with Crippen molar-refractivity contribution in [3.05, 3.63) is 52.7 Å². The summed E-state index contributed by atoms with van der Waals surface area (Å²) in [5, 5.41) is 0.732. The molecule has 0 amide bonds. The zero-order valence-corrected chi connectivity index (χ0v) is 11.6. The molecule has 0 atom stereocenters. The molecule has 0 spiro atoms. The van der Waals surface area contributed by atoms with E-state index in [4.69, 9.17) is 17.3 Å². The van der Waals surface area contributed by atoms with Crippen molar-refractivity contribution in [1.29, 1.82) is 0 Å². The summed E-state index contributed by atoms with van der Waals surface area (Å²) in [6, 6.07) is 11.7. The van der Waals surface area contributed by atoms with Gasteiger partial charge in [0.15, 0.2) is 0 Å². The number of hydrogen-bond donors (Lipinski definition) is 1. The average Bonchev–Trinajstić information content (AvgIpc) is 2.28. The molecule has 18 heavy (non-hydrogen) atoms. The number of benzene rings is 1. The van der Waals surface area contributed by atoms with E-state index in [0.717, 1.165) is 27.5 Å². The molecule has 2 nitrogen and oxygen atoms in total. The highest BCUT2D eigenvalue weighted by molar-refractivity contribution is 6.30. The van der Waals surface area contributed by atoms with Crippen molar-refractivity contribution in [2.45, 2.75) is 26.3 Å². The van der Waals surface area contributed by atoms with Gasteiger partial charge in [-0.15, -0.1) is 0 Å². The van der Waals surface area contributed by atoms with Crippen LogP contribution in [-0.4, -0.2) is 4.98 Å². The van der Waals surface area contributed by atoms with Gasteiger partial charge in [0.1, 0.15) is 0 Å². The minimum Gasteiger partial charge on any atom is -0.322 e. The Balaban J connectivity index is 2.43. The van der Waals surface area contributed by atoms with Crippen molar-refractivity contribution in [3.63, 3.8) is 0 Å². The van der Waals surface area contributed by atoms with Gasteiger partial charge in [-0.1, -0.05) is 29.8 Å². The van der Waals surface area contributed by atoms with Crippen molar-refractivity contribution in [2.24, 2.45) is 5.73 Å². The number of aromatic nitrogens is 1. The summed E-state index contributed by atoms with van der Waals surface area (Å²) in [6.07, 6.45) is 0. The predicted octanol–water partition coefficient (Wildman–Crippen LogP) is 3.90. The minimum absolute atomic E-state index is 0.365. The van der Waals surface area contributed by atoms with Gasteiger partial charge in [-0.25, -0.2) is 0 Å². The van der Waals surface area contributed by atoms with E-state index in [1.807, 2.05) is 57.2 Å². The van der Waals surface area contributed by atoms with E-state index in [1.54, 1.807) is 0 Å². The number of rotatable bonds is 2. The van der Waals surface area contributed by atoms with Gasteiger partial charge in [-0.3, -0.25) is 4.98 Å². The lowest BCUT2D eigenvalue weighted by atomic mass is 9.93. The van der Waals surface area contributed by atoms with Gasteiger partial charge in [-0.05, 0) is 44.5 Å². The molecule has 2 rings (SSSR count). The van der Waals surface area contributed by atoms with Gasteiger partial charge in [0.05, 0.1) is 5.69 Å². The largest absolute Gasteiger partial charge is 0.322 e. The maximum absolute atomic E-state index is 6.11. The third-order valence-electron chi connectivity index (χ3n) is 2.92. The van der Waals surface area contributed by atoms with Gasteiger partial charge >= 0.3 is 0 Å². The summed E-state index contributed by atoms with van der Waals surface area (Å²) >= 11 is 5.88. The van der Waals surface area contributed by atoms with Crippen molar-refractivity contribution in [1.82, 2.24) is 4.98 Å². The lowest BCUT2D eigenvalue weighted by Gasteiger charge is -2.21. The summed E-state index contributed by atoms with van der Waals surface area (Å²) in [4.78, 5) is 4.62. The maximum atomic E-state index is 6.11. The molecule has 2 aromatic rings. The third-order valence-corrected chi connectivity index (χ3v) is 3.17. The van der Waals surface area contributed by atoms with Gasteiger partial charge in [0.25, 0.3) is 0 Å². The number of pyridine rings is 1. The second kappa shape index (κ2) is 4.71. The predicted molar refractivity (Wildman–Crippen MR) is 76.6 cm³/mol. The molecule has 0 aliphatic rings. The van der Waals surface area contributed by atoms with E-state index in [0.29, 0.717) is 0 Å². The first-order chi connectivity index (χ1) is 8.38. The second-order valence-electron chi connectivity index (χ2n) is 5.06. The van der Waals surface area contributed by atoms with E-state index in [9.17, 15) is 0 Å². The number of aryl methyl sites for hydroxylation is 1. The molecule has 94 valence electrons. The lowest BCUT2D eigenvalue weighted by Crippen LogP contribution is -2.29. The number of halogens is 1. The Morgan fingerprint density at radius 1 is 1.06 bits per heavy atom. The third kappa shape index (κ3) is 2.71. The van der Waals surface area contributed by atoms with Crippen LogP contribution in [0.1, 0.15) is 25.1 Å². The van der Waals surface area contributed by atoms with Crippen molar-refractivity contribution < 1.29 is 0 Å². The monoisotopic (exact) mass is 260 g/mol. The van der Waals surface area contributed by atoms with Crippen LogP contribution in [0.4, 0.5) is 0 Å². The van der Waals surface area contributed by atoms with Gasteiger partial charge in [-0.2, -0.15) is 0 Å². The first-order valence-corrected chi connectivity index (χ1v) is 6.28. The smallest absolute Gasteiger partial charge is 0.0705 e. The first kappa shape index (κ1) is 13.1. The van der Waals surface area contributed by atoms with E-state index < -0.39 is 0 Å². The Hall–Kier alpha value is -1.38. The van der Waals surface area contributed by atoms with Crippen LogP contribution in [0.3, 0.4) is 0 Å². The Morgan fingerprint density at radius 2 is 1.67 bits per heavy atom. The summed E-state index contributed by atoms with van der Waals surface area (Å²) in [7, 11) is 0. The van der Waals surface area contributed by atoms with Crippen LogP contribution in [-0.2, 0) is 5.54 Å². The van der Waals surface area contributed by atoms with Crippen LogP contribution >= 0.6 is 11.6 Å². The van der Waals surface area contributed by atoms with Crippen LogP contribution in [0.15, 0.2) is 36.4 Å². The van der Waals surface area contributed by atoms with Crippen molar-refractivity contribution in [2.75, 3.05) is 0 Å². The van der Waals surface area contributed by atoms with Crippen LogP contribution in [0.5, 0.6) is 0 Å². The van der Waals surface area contributed by atoms with Gasteiger partial charge in [0.2, 0.25) is 0 Å². The molecule has 1 aromatic heterocycles. The normalized spacial score (nSPS) is 11.6. The Bertz CT molecular complexity index is 554. The topological polar surface area (TPSA) is 38.9 Å². The summed E-state index contributed by atoms with van der Waals surface area (Å²) in [5.74, 6) is 0. The maximum Gasteiger partial charge on any atom is 0.0705 e. The molecule has 0 radical (unpaired) electrons. The summed E-state index contributed by atoms with van der Waals surface area (Å²) in [6.45, 7) is 5.96. The molecule has 3 heteroatoms. The second-order valence-corrected chi connectivity index (χ2v) is 5.49. The standard InChI is InChI=1S/C15H17ClN2/c1-10-13(15(2,3)17)8-9-14(18-10)11-4-6-12(16)7-5-11/h4-9H,17H2,1-3H3. The van der Waals surface area contributed by atoms with Crippen LogP contribution in [0.2, 0.25) is 5.02 Å². The number of hydrogen-bond acceptors (Lipinski definition) is 2. The number of nitrogens with zero attached hydrogens (tertiary/aromatic N) is 1. The quantitative estimate of drug-likeness (QED) is 0.889. The highest BCUT2D eigenvalue weighted by Crippen LogP contribution is 2.25. The van der Waals surface area contributed by atoms with Gasteiger partial charge in [0, 0.05) is 21.8 Å². The first-order valence-electron chi connectivity index (χ1n) is 5.91. The highest BCUT2D eigenvalue weighted by atomic mass is 35.5. The van der Waals surface area contributed by atoms with E-state index in [-0.39, 0.29) is 5.54 Å². The van der Waals surface area contributed by atoms with Crippen LogP contribution < -0.4 is 5.73 Å². The average molecular weight is 261 g/mol. The molecule has 0 saturated heterocycles. The SMILES string of the molecule is Cc1nc(-c2ccc(Cl)cc2)ccc1C(C)(C)N. The Kier molecular flexibility index (Phi) is 3.42. The van der Waals surface area contributed by atoms with Crippen LogP contribution in [0, 0.1) is 6.92 Å². The Morgan fingerprint density at radius 3 is 2.17 bits per heavy atom. The zero-order chi connectivity index (χ0) is 13.3. The molecular weight excluding hydrogens is 244 g/mol. The molecule has 1 heterocycles. The fraction of sp³-hybridized carbons (Fsp3) is 0.267. The molecule has 0 unspecified atom stereocenters. The van der Waals surface area contributed by atoms with E-state index >= 15 is 0 Å². The molecule has 0 aliphatic heterocycles. The molecule has 1 aromatic carbocycles. The van der Waals surface area contributed by atoms with Crippen LogP contribution in [0.25, 0.3) is 11.3 Å². The fourth-order valence-electron chi connectivity index (χ4n) is 2.02. The minimum atomic E-state index is -0.365. The zero-order valence-electron chi connectivity index (χ0n) is 10.9. The number of nitrogens with two attached hydrogens (primary N) is 1. The fourth-order valence-corrected chi connectivity index (χ4v) is 2.15. The summed E-state index contributed by atoms with van der Waals surface area (Å²) < 4.78 is 0. The van der Waals surface area contributed by atoms with Gasteiger partial charge < -0.3 is 5.73 Å². The van der Waals surface area contributed by atoms with Crippen molar-refractivity contribution in [3.8, 4) is 11.3 Å². The molecular formula is C15H17ClN2. The summed E-state index contributed by atoms with van der Waals surface area (Å²) in [5.41, 5.74) is 9.78. The van der Waals surface area contributed by atoms with E-state index in [1.165, 1.54) is 0 Å². The highest BCUT2D eigenvalue weighted by Gasteiger charge is 2.17. The Labute approximate surface area is 113 Å². The molecule has 0 saturated carbocycles. The lowest BCUT2D eigenvalue weighted by molar-refractivity contribution is 0.548. The molecule has 0 aliphatic carbocycles. The van der Waals surface area contributed by atoms with Crippen molar-refractivity contribution >= 4 is 11.6 Å². The molecule has 2 N–H and O–H groups in total. The molecule has 0 fully saturated rings. The molecule has 0 bridgehead atoms. The van der Waals surface area contributed by atoms with E-state index in [2.05, 4.69) is 4.98 Å².